The number of hydrogen-bond acceptors (Lipinski definition) is 1. The predicted molar refractivity (Wildman–Crippen MR) is 76.7 cm³/mol. The highest BCUT2D eigenvalue weighted by molar-refractivity contribution is 5.73. The Bertz CT molecular complexity index is 273. The van der Waals surface area contributed by atoms with Crippen molar-refractivity contribution in [3.05, 3.63) is 0 Å². The number of carbonyl (C=O) groups is 1. The fourth-order valence-corrected chi connectivity index (χ4v) is 3.07. The van der Waals surface area contributed by atoms with Gasteiger partial charge in [0.2, 0.25) is 0 Å². The van der Waals surface area contributed by atoms with Crippen molar-refractivity contribution in [1.29, 1.82) is 0 Å². The van der Waals surface area contributed by atoms with Gasteiger partial charge in [0, 0.05) is 27.2 Å². The second-order valence-electron chi connectivity index (χ2n) is 7.23. The van der Waals surface area contributed by atoms with Crippen LogP contribution in [0, 0.1) is 11.3 Å². The molecule has 0 atom stereocenters. The monoisotopic (exact) mass is 254 g/mol. The van der Waals surface area contributed by atoms with Crippen LogP contribution >= 0.6 is 0 Å². The average molecular weight is 254 g/mol. The summed E-state index contributed by atoms with van der Waals surface area (Å²) in [7, 11) is 5.59. The summed E-state index contributed by atoms with van der Waals surface area (Å²) in [6, 6.07) is 0.574. The maximum absolute atomic E-state index is 11.9. The SMILES string of the molecule is CN(C)C(=O)N(C)[C@H]1CC[C@@H](CC(C)(C)C)CC1. The molecule has 0 saturated heterocycles. The van der Waals surface area contributed by atoms with Gasteiger partial charge in [-0.1, -0.05) is 20.8 Å². The van der Waals surface area contributed by atoms with Crippen molar-refractivity contribution in [1.82, 2.24) is 9.80 Å². The third-order valence-corrected chi connectivity index (χ3v) is 3.95. The smallest absolute Gasteiger partial charge is 0.319 e. The molecule has 1 aliphatic rings. The van der Waals surface area contributed by atoms with Crippen LogP contribution in [0.25, 0.3) is 0 Å². The molecule has 106 valence electrons. The van der Waals surface area contributed by atoms with Crippen LogP contribution in [0.1, 0.15) is 52.9 Å². The van der Waals surface area contributed by atoms with Crippen molar-refractivity contribution in [3.8, 4) is 0 Å². The van der Waals surface area contributed by atoms with E-state index in [2.05, 4.69) is 20.8 Å². The van der Waals surface area contributed by atoms with Gasteiger partial charge in [0.15, 0.2) is 0 Å². The summed E-state index contributed by atoms with van der Waals surface area (Å²) in [4.78, 5) is 15.5. The molecule has 1 rings (SSSR count). The topological polar surface area (TPSA) is 23.6 Å². The molecule has 0 bridgehead atoms. The van der Waals surface area contributed by atoms with Gasteiger partial charge in [-0.2, -0.15) is 0 Å². The normalized spacial score (nSPS) is 24.8. The zero-order valence-corrected chi connectivity index (χ0v) is 13.0. The molecule has 0 N–H and O–H groups in total. The molecule has 1 aliphatic carbocycles. The molecular weight excluding hydrogens is 224 g/mol. The Kier molecular flexibility index (Phi) is 5.06. The van der Waals surface area contributed by atoms with Crippen LogP contribution in [-0.2, 0) is 0 Å². The molecule has 0 aliphatic heterocycles. The largest absolute Gasteiger partial charge is 0.331 e. The minimum atomic E-state index is 0.134. The van der Waals surface area contributed by atoms with Gasteiger partial charge < -0.3 is 9.80 Å². The van der Waals surface area contributed by atoms with E-state index < -0.39 is 0 Å². The molecule has 0 unspecified atom stereocenters. The molecule has 0 heterocycles. The van der Waals surface area contributed by atoms with Gasteiger partial charge in [0.05, 0.1) is 0 Å². The number of nitrogens with zero attached hydrogens (tertiary/aromatic N) is 2. The Labute approximate surface area is 113 Å². The number of amides is 2. The van der Waals surface area contributed by atoms with Gasteiger partial charge in [0.25, 0.3) is 0 Å². The standard InChI is InChI=1S/C15H30N2O/c1-15(2,3)11-12-7-9-13(10-8-12)17(6)14(18)16(4)5/h12-13H,7-11H2,1-6H3/t12-,13+. The van der Waals surface area contributed by atoms with Gasteiger partial charge in [0.1, 0.15) is 0 Å². The summed E-state index contributed by atoms with van der Waals surface area (Å²) in [5.41, 5.74) is 0.433. The van der Waals surface area contributed by atoms with E-state index in [1.54, 1.807) is 4.90 Å². The molecular formula is C15H30N2O. The van der Waals surface area contributed by atoms with Gasteiger partial charge in [-0.3, -0.25) is 0 Å². The van der Waals surface area contributed by atoms with Gasteiger partial charge >= 0.3 is 6.03 Å². The van der Waals surface area contributed by atoms with Crippen LogP contribution in [0.5, 0.6) is 0 Å². The van der Waals surface area contributed by atoms with Crippen LogP contribution < -0.4 is 0 Å². The van der Waals surface area contributed by atoms with E-state index in [0.717, 1.165) is 18.8 Å². The summed E-state index contributed by atoms with van der Waals surface area (Å²) < 4.78 is 0. The number of carbonyl (C=O) groups excluding carboxylic acids is 1. The van der Waals surface area contributed by atoms with E-state index in [4.69, 9.17) is 0 Å². The van der Waals surface area contributed by atoms with Crippen molar-refractivity contribution in [3.63, 3.8) is 0 Å². The Hall–Kier alpha value is -0.730. The van der Waals surface area contributed by atoms with E-state index in [1.807, 2.05) is 26.0 Å². The molecule has 1 fully saturated rings. The lowest BCUT2D eigenvalue weighted by molar-refractivity contribution is 0.131. The summed E-state index contributed by atoms with van der Waals surface area (Å²) >= 11 is 0. The lowest BCUT2D eigenvalue weighted by Crippen LogP contribution is -2.44. The quantitative estimate of drug-likeness (QED) is 0.738. The van der Waals surface area contributed by atoms with Crippen molar-refractivity contribution in [2.24, 2.45) is 11.3 Å². The molecule has 0 radical (unpaired) electrons. The molecule has 1 saturated carbocycles. The van der Waals surface area contributed by atoms with Gasteiger partial charge in [-0.15, -0.1) is 0 Å². The first-order valence-corrected chi connectivity index (χ1v) is 7.15. The molecule has 3 heteroatoms. The minimum absolute atomic E-state index is 0.134. The van der Waals surface area contributed by atoms with Gasteiger partial charge in [-0.25, -0.2) is 4.79 Å². The van der Waals surface area contributed by atoms with Crippen LogP contribution in [0.2, 0.25) is 0 Å². The third kappa shape index (κ3) is 4.51. The molecule has 0 aromatic carbocycles. The van der Waals surface area contributed by atoms with Crippen LogP contribution in [0.3, 0.4) is 0 Å². The molecule has 18 heavy (non-hydrogen) atoms. The Balaban J connectivity index is 2.42. The van der Waals surface area contributed by atoms with E-state index in [-0.39, 0.29) is 6.03 Å². The second-order valence-corrected chi connectivity index (χ2v) is 7.23. The lowest BCUT2D eigenvalue weighted by Gasteiger charge is -2.37. The van der Waals surface area contributed by atoms with Crippen LogP contribution in [0.4, 0.5) is 4.79 Å². The first-order chi connectivity index (χ1) is 8.20. The maximum atomic E-state index is 11.9. The van der Waals surface area contributed by atoms with E-state index in [0.29, 0.717) is 11.5 Å². The second kappa shape index (κ2) is 5.94. The minimum Gasteiger partial charge on any atom is -0.331 e. The highest BCUT2D eigenvalue weighted by atomic mass is 16.2. The van der Waals surface area contributed by atoms with E-state index in [1.165, 1.54) is 19.3 Å². The summed E-state index contributed by atoms with van der Waals surface area (Å²) in [6.07, 6.45) is 6.18. The van der Waals surface area contributed by atoms with E-state index in [9.17, 15) is 4.79 Å². The fourth-order valence-electron chi connectivity index (χ4n) is 3.07. The van der Waals surface area contributed by atoms with Crippen molar-refractivity contribution >= 4 is 6.03 Å². The zero-order valence-electron chi connectivity index (χ0n) is 13.0. The first-order valence-electron chi connectivity index (χ1n) is 7.15. The van der Waals surface area contributed by atoms with Crippen molar-refractivity contribution in [2.45, 2.75) is 58.9 Å². The highest BCUT2D eigenvalue weighted by Crippen LogP contribution is 2.35. The summed E-state index contributed by atoms with van der Waals surface area (Å²) in [5, 5.41) is 0. The van der Waals surface area contributed by atoms with Crippen LogP contribution in [-0.4, -0.2) is 43.0 Å². The Morgan fingerprint density at radius 2 is 1.56 bits per heavy atom. The third-order valence-electron chi connectivity index (χ3n) is 3.95. The lowest BCUT2D eigenvalue weighted by atomic mass is 9.76. The Morgan fingerprint density at radius 1 is 1.06 bits per heavy atom. The number of urea groups is 1. The number of hydrogen-bond donors (Lipinski definition) is 0. The fraction of sp³-hybridized carbons (Fsp3) is 0.933. The molecule has 2 amide bonds. The Morgan fingerprint density at radius 3 is 1.94 bits per heavy atom. The molecule has 0 aromatic rings. The average Bonchev–Trinajstić information content (AvgIpc) is 2.26. The highest BCUT2D eigenvalue weighted by Gasteiger charge is 2.29. The summed E-state index contributed by atoms with van der Waals surface area (Å²) in [5.74, 6) is 0.851. The summed E-state index contributed by atoms with van der Waals surface area (Å²) in [6.45, 7) is 6.96. The van der Waals surface area contributed by atoms with Crippen LogP contribution in [0.15, 0.2) is 0 Å². The predicted octanol–water partition coefficient (Wildman–Crippen LogP) is 3.59. The van der Waals surface area contributed by atoms with E-state index >= 15 is 0 Å². The first kappa shape index (κ1) is 15.3. The van der Waals surface area contributed by atoms with Gasteiger partial charge in [-0.05, 0) is 43.4 Å². The van der Waals surface area contributed by atoms with Crippen molar-refractivity contribution in [2.75, 3.05) is 21.1 Å². The molecule has 3 nitrogen and oxygen atoms in total. The van der Waals surface area contributed by atoms with Crippen molar-refractivity contribution < 1.29 is 4.79 Å². The zero-order chi connectivity index (χ0) is 13.9. The number of rotatable bonds is 2. The maximum Gasteiger partial charge on any atom is 0.319 e. The molecule has 0 aromatic heterocycles. The molecule has 0 spiro atoms.